The Balaban J connectivity index is 2.73. The first-order valence-corrected chi connectivity index (χ1v) is 6.43. The molecule has 1 amide bonds. The zero-order valence-corrected chi connectivity index (χ0v) is 11.8. The van der Waals surface area contributed by atoms with E-state index in [-0.39, 0.29) is 12.5 Å². The molecule has 0 heterocycles. The van der Waals surface area contributed by atoms with Crippen LogP contribution >= 0.6 is 0 Å². The van der Waals surface area contributed by atoms with Crippen molar-refractivity contribution >= 4 is 5.91 Å². The fourth-order valence-corrected chi connectivity index (χ4v) is 1.77. The lowest BCUT2D eigenvalue weighted by molar-refractivity contribution is -0.132. The number of nitrogens with zero attached hydrogens (tertiary/aromatic N) is 1. The number of carbonyl (C=O) groups is 1. The van der Waals surface area contributed by atoms with Crippen LogP contribution in [-0.4, -0.2) is 37.6 Å². The summed E-state index contributed by atoms with van der Waals surface area (Å²) < 4.78 is 10.7. The molecule has 106 valence electrons. The van der Waals surface area contributed by atoms with E-state index in [0.29, 0.717) is 31.1 Å². The second-order valence-electron chi connectivity index (χ2n) is 4.03. The highest BCUT2D eigenvalue weighted by atomic mass is 16.5. The molecule has 0 aromatic heterocycles. The van der Waals surface area contributed by atoms with E-state index in [4.69, 9.17) is 15.2 Å². The number of ether oxygens (including phenoxy) is 2. The maximum atomic E-state index is 11.9. The van der Waals surface area contributed by atoms with E-state index in [1.807, 2.05) is 26.0 Å². The standard InChI is InChI=1S/C14H22N2O3/c1-4-16(5-2)14(17)10-19-13-8-12(18-3)7-6-11(13)9-15/h6-8H,4-5,9-10,15H2,1-3H3. The summed E-state index contributed by atoms with van der Waals surface area (Å²) in [5.74, 6) is 1.25. The summed E-state index contributed by atoms with van der Waals surface area (Å²) >= 11 is 0. The van der Waals surface area contributed by atoms with E-state index in [0.717, 1.165) is 5.56 Å². The molecule has 0 saturated heterocycles. The van der Waals surface area contributed by atoms with Crippen LogP contribution in [0.5, 0.6) is 11.5 Å². The molecule has 19 heavy (non-hydrogen) atoms. The fraction of sp³-hybridized carbons (Fsp3) is 0.500. The summed E-state index contributed by atoms with van der Waals surface area (Å²) in [6, 6.07) is 5.41. The summed E-state index contributed by atoms with van der Waals surface area (Å²) in [6.45, 7) is 5.62. The lowest BCUT2D eigenvalue weighted by atomic mass is 10.2. The van der Waals surface area contributed by atoms with E-state index in [1.54, 1.807) is 18.1 Å². The minimum atomic E-state index is -0.0317. The molecule has 5 heteroatoms. The summed E-state index contributed by atoms with van der Waals surface area (Å²) in [5, 5.41) is 0. The first-order chi connectivity index (χ1) is 9.15. The van der Waals surface area contributed by atoms with E-state index in [9.17, 15) is 4.79 Å². The molecule has 1 aromatic rings. The van der Waals surface area contributed by atoms with Crippen molar-refractivity contribution in [2.45, 2.75) is 20.4 Å². The van der Waals surface area contributed by atoms with Crippen LogP contribution < -0.4 is 15.2 Å². The largest absolute Gasteiger partial charge is 0.497 e. The number of carbonyl (C=O) groups excluding carboxylic acids is 1. The Morgan fingerprint density at radius 2 is 2.00 bits per heavy atom. The molecular weight excluding hydrogens is 244 g/mol. The number of hydrogen-bond donors (Lipinski definition) is 1. The van der Waals surface area contributed by atoms with E-state index < -0.39 is 0 Å². The number of rotatable bonds is 7. The van der Waals surface area contributed by atoms with Crippen molar-refractivity contribution in [3.63, 3.8) is 0 Å². The van der Waals surface area contributed by atoms with E-state index >= 15 is 0 Å². The topological polar surface area (TPSA) is 64.8 Å². The summed E-state index contributed by atoms with van der Waals surface area (Å²) in [4.78, 5) is 13.6. The maximum Gasteiger partial charge on any atom is 0.260 e. The quantitative estimate of drug-likeness (QED) is 0.810. The van der Waals surface area contributed by atoms with Gasteiger partial charge in [0.15, 0.2) is 6.61 Å². The highest BCUT2D eigenvalue weighted by Crippen LogP contribution is 2.24. The molecule has 5 nitrogen and oxygen atoms in total. The van der Waals surface area contributed by atoms with Gasteiger partial charge in [0.25, 0.3) is 5.91 Å². The van der Waals surface area contributed by atoms with Crippen LogP contribution in [0.4, 0.5) is 0 Å². The molecule has 0 unspecified atom stereocenters. The van der Waals surface area contributed by atoms with Gasteiger partial charge in [-0.2, -0.15) is 0 Å². The van der Waals surface area contributed by atoms with Gasteiger partial charge in [-0.15, -0.1) is 0 Å². The third-order valence-electron chi connectivity index (χ3n) is 2.96. The predicted octanol–water partition coefficient (Wildman–Crippen LogP) is 1.40. The summed E-state index contributed by atoms with van der Waals surface area (Å²) in [6.07, 6.45) is 0. The van der Waals surface area contributed by atoms with Crippen LogP contribution in [0.15, 0.2) is 18.2 Å². The van der Waals surface area contributed by atoms with Gasteiger partial charge in [-0.25, -0.2) is 0 Å². The molecule has 0 saturated carbocycles. The maximum absolute atomic E-state index is 11.9. The molecular formula is C14H22N2O3. The number of methoxy groups -OCH3 is 1. The molecule has 0 bridgehead atoms. The summed E-state index contributed by atoms with van der Waals surface area (Å²) in [7, 11) is 1.59. The van der Waals surface area contributed by atoms with Gasteiger partial charge in [-0.3, -0.25) is 4.79 Å². The predicted molar refractivity (Wildman–Crippen MR) is 74.3 cm³/mol. The van der Waals surface area contributed by atoms with Crippen molar-refractivity contribution in [1.29, 1.82) is 0 Å². The Morgan fingerprint density at radius 1 is 1.32 bits per heavy atom. The summed E-state index contributed by atoms with van der Waals surface area (Å²) in [5.41, 5.74) is 6.50. The van der Waals surface area contributed by atoms with E-state index in [1.165, 1.54) is 0 Å². The van der Waals surface area contributed by atoms with Gasteiger partial charge in [0.1, 0.15) is 11.5 Å². The Morgan fingerprint density at radius 3 is 2.53 bits per heavy atom. The van der Waals surface area contributed by atoms with Gasteiger partial charge >= 0.3 is 0 Å². The molecule has 2 N–H and O–H groups in total. The van der Waals surface area contributed by atoms with Crippen molar-refractivity contribution in [3.05, 3.63) is 23.8 Å². The normalized spacial score (nSPS) is 10.1. The molecule has 0 aliphatic carbocycles. The average molecular weight is 266 g/mol. The molecule has 0 aliphatic heterocycles. The Kier molecular flexibility index (Phi) is 6.15. The molecule has 0 aliphatic rings. The van der Waals surface area contributed by atoms with Gasteiger partial charge in [0.2, 0.25) is 0 Å². The minimum Gasteiger partial charge on any atom is -0.497 e. The third-order valence-corrected chi connectivity index (χ3v) is 2.96. The van der Waals surface area contributed by atoms with Crippen molar-refractivity contribution in [3.8, 4) is 11.5 Å². The zero-order chi connectivity index (χ0) is 14.3. The monoisotopic (exact) mass is 266 g/mol. The number of hydrogen-bond acceptors (Lipinski definition) is 4. The van der Waals surface area contributed by atoms with Crippen molar-refractivity contribution in [2.24, 2.45) is 5.73 Å². The fourth-order valence-electron chi connectivity index (χ4n) is 1.77. The number of nitrogens with two attached hydrogens (primary N) is 1. The Hall–Kier alpha value is -1.75. The minimum absolute atomic E-state index is 0.0157. The second kappa shape index (κ2) is 7.63. The number of amides is 1. The van der Waals surface area contributed by atoms with Crippen LogP contribution in [-0.2, 0) is 11.3 Å². The van der Waals surface area contributed by atoms with Crippen LogP contribution in [0.2, 0.25) is 0 Å². The van der Waals surface area contributed by atoms with Gasteiger partial charge in [0, 0.05) is 31.3 Å². The lowest BCUT2D eigenvalue weighted by Crippen LogP contribution is -2.34. The molecule has 0 atom stereocenters. The van der Waals surface area contributed by atoms with Gasteiger partial charge in [-0.05, 0) is 19.9 Å². The Labute approximate surface area is 114 Å². The zero-order valence-electron chi connectivity index (χ0n) is 11.8. The average Bonchev–Trinajstić information content (AvgIpc) is 2.45. The van der Waals surface area contributed by atoms with Crippen LogP contribution in [0.1, 0.15) is 19.4 Å². The smallest absolute Gasteiger partial charge is 0.260 e. The van der Waals surface area contributed by atoms with Crippen molar-refractivity contribution in [2.75, 3.05) is 26.8 Å². The van der Waals surface area contributed by atoms with Crippen LogP contribution in [0.25, 0.3) is 0 Å². The van der Waals surface area contributed by atoms with Gasteiger partial charge in [-0.1, -0.05) is 6.07 Å². The van der Waals surface area contributed by atoms with Crippen molar-refractivity contribution < 1.29 is 14.3 Å². The number of likely N-dealkylation sites (N-methyl/N-ethyl adjacent to an activating group) is 1. The second-order valence-corrected chi connectivity index (χ2v) is 4.03. The highest BCUT2D eigenvalue weighted by Gasteiger charge is 2.12. The molecule has 0 radical (unpaired) electrons. The van der Waals surface area contributed by atoms with Crippen LogP contribution in [0, 0.1) is 0 Å². The third kappa shape index (κ3) is 4.13. The molecule has 1 rings (SSSR count). The molecule has 0 fully saturated rings. The number of benzene rings is 1. The Bertz CT molecular complexity index is 417. The van der Waals surface area contributed by atoms with E-state index in [2.05, 4.69) is 0 Å². The molecule has 0 spiro atoms. The van der Waals surface area contributed by atoms with Crippen LogP contribution in [0.3, 0.4) is 0 Å². The first-order valence-electron chi connectivity index (χ1n) is 6.43. The molecule has 1 aromatic carbocycles. The SMILES string of the molecule is CCN(CC)C(=O)COc1cc(OC)ccc1CN. The van der Waals surface area contributed by atoms with Gasteiger partial charge in [0.05, 0.1) is 7.11 Å². The van der Waals surface area contributed by atoms with Crippen molar-refractivity contribution in [1.82, 2.24) is 4.90 Å². The highest BCUT2D eigenvalue weighted by molar-refractivity contribution is 5.77. The van der Waals surface area contributed by atoms with Gasteiger partial charge < -0.3 is 20.1 Å². The lowest BCUT2D eigenvalue weighted by Gasteiger charge is -2.19. The first kappa shape index (κ1) is 15.3.